The van der Waals surface area contributed by atoms with E-state index in [2.05, 4.69) is 0 Å². The van der Waals surface area contributed by atoms with Gasteiger partial charge in [0.15, 0.2) is 0 Å². The number of ether oxygens (including phenoxy) is 1. The van der Waals surface area contributed by atoms with Crippen LogP contribution >= 0.6 is 11.6 Å². The lowest BCUT2D eigenvalue weighted by Crippen LogP contribution is -2.29. The van der Waals surface area contributed by atoms with Crippen molar-refractivity contribution in [3.63, 3.8) is 0 Å². The molecule has 1 saturated heterocycles. The van der Waals surface area contributed by atoms with Crippen LogP contribution in [0.25, 0.3) is 0 Å². The summed E-state index contributed by atoms with van der Waals surface area (Å²) in [7, 11) is 0. The molecule has 0 spiro atoms. The Balaban J connectivity index is 1.92. The molecule has 0 aromatic heterocycles. The van der Waals surface area contributed by atoms with Crippen molar-refractivity contribution in [1.29, 1.82) is 0 Å². The molecule has 1 fully saturated rings. The largest absolute Gasteiger partial charge is 0.381 e. The zero-order chi connectivity index (χ0) is 13.0. The number of hydrogen-bond acceptors (Lipinski definition) is 2. The van der Waals surface area contributed by atoms with E-state index in [0.717, 1.165) is 32.5 Å². The molecule has 2 rings (SSSR count). The van der Waals surface area contributed by atoms with Crippen LogP contribution in [0.15, 0.2) is 18.2 Å². The molecule has 1 heterocycles. The molecular formula is C14H19ClFNO. The Kier molecular flexibility index (Phi) is 4.98. The number of halogens is 2. The van der Waals surface area contributed by atoms with E-state index in [1.54, 1.807) is 12.1 Å². The molecule has 0 radical (unpaired) electrons. The van der Waals surface area contributed by atoms with Gasteiger partial charge in [-0.25, -0.2) is 4.39 Å². The second kappa shape index (κ2) is 6.50. The lowest BCUT2D eigenvalue weighted by atomic mass is 9.90. The van der Waals surface area contributed by atoms with Gasteiger partial charge in [0.1, 0.15) is 5.82 Å². The van der Waals surface area contributed by atoms with Gasteiger partial charge in [0.2, 0.25) is 0 Å². The van der Waals surface area contributed by atoms with Gasteiger partial charge < -0.3 is 10.5 Å². The minimum Gasteiger partial charge on any atom is -0.381 e. The quantitative estimate of drug-likeness (QED) is 0.913. The molecule has 0 saturated carbocycles. The molecule has 2 N–H and O–H groups in total. The Morgan fingerprint density at radius 1 is 1.39 bits per heavy atom. The highest BCUT2D eigenvalue weighted by molar-refractivity contribution is 6.31. The summed E-state index contributed by atoms with van der Waals surface area (Å²) in [6.07, 6.45) is 3.52. The molecule has 0 bridgehead atoms. The molecule has 1 aromatic carbocycles. The van der Waals surface area contributed by atoms with E-state index in [1.807, 2.05) is 0 Å². The van der Waals surface area contributed by atoms with E-state index in [9.17, 15) is 4.39 Å². The maximum atomic E-state index is 13.6. The van der Waals surface area contributed by atoms with Gasteiger partial charge in [-0.15, -0.1) is 0 Å². The van der Waals surface area contributed by atoms with Crippen molar-refractivity contribution in [3.05, 3.63) is 34.6 Å². The fourth-order valence-corrected chi connectivity index (χ4v) is 2.72. The Bertz CT molecular complexity index is 373. The van der Waals surface area contributed by atoms with Crippen molar-refractivity contribution in [2.45, 2.75) is 31.7 Å². The summed E-state index contributed by atoms with van der Waals surface area (Å²) in [4.78, 5) is 0. The predicted molar refractivity (Wildman–Crippen MR) is 71.2 cm³/mol. The van der Waals surface area contributed by atoms with Crippen molar-refractivity contribution in [2.75, 3.05) is 13.2 Å². The van der Waals surface area contributed by atoms with Gasteiger partial charge in [-0.2, -0.15) is 0 Å². The molecule has 2 nitrogen and oxygen atoms in total. The van der Waals surface area contributed by atoms with Crippen LogP contribution in [0.2, 0.25) is 5.02 Å². The lowest BCUT2D eigenvalue weighted by molar-refractivity contribution is 0.0618. The summed E-state index contributed by atoms with van der Waals surface area (Å²) in [5, 5.41) is 0.470. The van der Waals surface area contributed by atoms with E-state index in [0.29, 0.717) is 22.9 Å². The van der Waals surface area contributed by atoms with Crippen LogP contribution in [-0.4, -0.2) is 19.3 Å². The molecule has 1 aliphatic heterocycles. The first-order chi connectivity index (χ1) is 8.66. The monoisotopic (exact) mass is 271 g/mol. The fourth-order valence-electron chi connectivity index (χ4n) is 2.48. The Labute approximate surface area is 112 Å². The van der Waals surface area contributed by atoms with Crippen LogP contribution in [0.1, 0.15) is 24.8 Å². The first kappa shape index (κ1) is 13.8. The summed E-state index contributed by atoms with van der Waals surface area (Å²) >= 11 is 6.00. The van der Waals surface area contributed by atoms with E-state index in [4.69, 9.17) is 22.1 Å². The summed E-state index contributed by atoms with van der Waals surface area (Å²) in [6, 6.07) is 4.72. The summed E-state index contributed by atoms with van der Waals surface area (Å²) in [6.45, 7) is 1.63. The highest BCUT2D eigenvalue weighted by Crippen LogP contribution is 2.24. The Morgan fingerprint density at radius 2 is 2.11 bits per heavy atom. The summed E-state index contributed by atoms with van der Waals surface area (Å²) in [5.74, 6) is 0.337. The number of nitrogens with two attached hydrogens (primary N) is 1. The third-order valence-corrected chi connectivity index (χ3v) is 3.86. The first-order valence-electron chi connectivity index (χ1n) is 6.43. The predicted octanol–water partition coefficient (Wildman–Crippen LogP) is 3.17. The molecule has 4 heteroatoms. The lowest BCUT2D eigenvalue weighted by Gasteiger charge is -2.25. The zero-order valence-electron chi connectivity index (χ0n) is 10.4. The van der Waals surface area contributed by atoms with Crippen molar-refractivity contribution in [2.24, 2.45) is 11.7 Å². The van der Waals surface area contributed by atoms with Crippen molar-refractivity contribution in [1.82, 2.24) is 0 Å². The van der Waals surface area contributed by atoms with Gasteiger partial charge in [-0.05, 0) is 43.7 Å². The second-order valence-electron chi connectivity index (χ2n) is 4.96. The zero-order valence-corrected chi connectivity index (χ0v) is 11.1. The Morgan fingerprint density at radius 3 is 2.78 bits per heavy atom. The van der Waals surface area contributed by atoms with Crippen LogP contribution in [0.3, 0.4) is 0 Å². The molecule has 0 amide bonds. The summed E-state index contributed by atoms with van der Waals surface area (Å²) in [5.41, 5.74) is 6.65. The second-order valence-corrected chi connectivity index (χ2v) is 5.36. The number of benzene rings is 1. The highest BCUT2D eigenvalue weighted by Gasteiger charge is 2.19. The van der Waals surface area contributed by atoms with Crippen LogP contribution in [0.5, 0.6) is 0 Å². The normalized spacial score (nSPS) is 18.8. The standard InChI is InChI=1S/C14H19ClFNO/c15-13-2-1-3-14(16)12(13)9-11(17)8-10-4-6-18-7-5-10/h1-3,10-11H,4-9,17H2. The topological polar surface area (TPSA) is 35.2 Å². The van der Waals surface area contributed by atoms with Crippen LogP contribution in [-0.2, 0) is 11.2 Å². The minimum atomic E-state index is -0.259. The molecule has 0 aliphatic carbocycles. The van der Waals surface area contributed by atoms with Gasteiger partial charge in [0.05, 0.1) is 0 Å². The fraction of sp³-hybridized carbons (Fsp3) is 0.571. The maximum absolute atomic E-state index is 13.6. The molecular weight excluding hydrogens is 253 g/mol. The number of hydrogen-bond donors (Lipinski definition) is 1. The van der Waals surface area contributed by atoms with E-state index < -0.39 is 0 Å². The van der Waals surface area contributed by atoms with Gasteiger partial charge in [-0.3, -0.25) is 0 Å². The molecule has 1 unspecified atom stereocenters. The average molecular weight is 272 g/mol. The van der Waals surface area contributed by atoms with Crippen molar-refractivity contribution >= 4 is 11.6 Å². The van der Waals surface area contributed by atoms with Crippen LogP contribution in [0, 0.1) is 11.7 Å². The summed E-state index contributed by atoms with van der Waals surface area (Å²) < 4.78 is 18.9. The molecule has 1 aliphatic rings. The van der Waals surface area contributed by atoms with E-state index >= 15 is 0 Å². The molecule has 18 heavy (non-hydrogen) atoms. The first-order valence-corrected chi connectivity index (χ1v) is 6.81. The third-order valence-electron chi connectivity index (χ3n) is 3.50. The Hall–Kier alpha value is -0.640. The highest BCUT2D eigenvalue weighted by atomic mass is 35.5. The maximum Gasteiger partial charge on any atom is 0.127 e. The van der Waals surface area contributed by atoms with Crippen LogP contribution in [0.4, 0.5) is 4.39 Å². The SMILES string of the molecule is NC(Cc1c(F)cccc1Cl)CC1CCOCC1. The van der Waals surface area contributed by atoms with Gasteiger partial charge in [0.25, 0.3) is 0 Å². The van der Waals surface area contributed by atoms with Crippen LogP contribution < -0.4 is 5.73 Å². The van der Waals surface area contributed by atoms with Crippen molar-refractivity contribution in [3.8, 4) is 0 Å². The van der Waals surface area contributed by atoms with Gasteiger partial charge in [-0.1, -0.05) is 17.7 Å². The number of rotatable bonds is 4. The molecule has 100 valence electrons. The average Bonchev–Trinajstić information content (AvgIpc) is 2.35. The molecule has 1 aromatic rings. The van der Waals surface area contributed by atoms with Crippen molar-refractivity contribution < 1.29 is 9.13 Å². The minimum absolute atomic E-state index is 0.0394. The smallest absolute Gasteiger partial charge is 0.127 e. The van der Waals surface area contributed by atoms with Gasteiger partial charge in [0, 0.05) is 29.8 Å². The van der Waals surface area contributed by atoms with Gasteiger partial charge >= 0.3 is 0 Å². The molecule has 1 atom stereocenters. The van der Waals surface area contributed by atoms with E-state index in [1.165, 1.54) is 6.07 Å². The van der Waals surface area contributed by atoms with E-state index in [-0.39, 0.29) is 11.9 Å². The third kappa shape index (κ3) is 3.67.